The highest BCUT2D eigenvalue weighted by atomic mass is 32.2. The van der Waals surface area contributed by atoms with Crippen molar-refractivity contribution in [2.24, 2.45) is 5.92 Å². The molecule has 7 heteroatoms. The normalized spacial score (nSPS) is 25.4. The molecular formula is C19H22N2O3S2. The molecule has 3 atom stereocenters. The molecule has 2 fully saturated rings. The Morgan fingerprint density at radius 2 is 2.00 bits per heavy atom. The van der Waals surface area contributed by atoms with Gasteiger partial charge in [0.05, 0.1) is 6.26 Å². The Kier molecular flexibility index (Phi) is 4.62. The topological polar surface area (TPSA) is 66.5 Å². The van der Waals surface area contributed by atoms with E-state index in [4.69, 9.17) is 0 Å². The van der Waals surface area contributed by atoms with Crippen LogP contribution >= 0.6 is 11.3 Å². The maximum atomic E-state index is 12.8. The Morgan fingerprint density at radius 3 is 2.73 bits per heavy atom. The van der Waals surface area contributed by atoms with E-state index in [1.807, 2.05) is 23.1 Å². The predicted molar refractivity (Wildman–Crippen MR) is 104 cm³/mol. The van der Waals surface area contributed by atoms with Crippen LogP contribution in [0.1, 0.15) is 24.3 Å². The van der Waals surface area contributed by atoms with Gasteiger partial charge in [-0.15, -0.1) is 11.3 Å². The molecule has 1 aromatic carbocycles. The lowest BCUT2D eigenvalue weighted by molar-refractivity contribution is -0.131. The minimum Gasteiger partial charge on any atom is -0.341 e. The molecule has 26 heavy (non-hydrogen) atoms. The summed E-state index contributed by atoms with van der Waals surface area (Å²) >= 11 is 1.72. The van der Waals surface area contributed by atoms with E-state index in [0.29, 0.717) is 19.5 Å². The number of carbonyl (C=O) groups is 1. The van der Waals surface area contributed by atoms with Crippen molar-refractivity contribution >= 4 is 27.3 Å². The van der Waals surface area contributed by atoms with Gasteiger partial charge in [-0.05, 0) is 41.3 Å². The average molecular weight is 391 g/mol. The summed E-state index contributed by atoms with van der Waals surface area (Å²) in [6, 6.07) is 12.3. The van der Waals surface area contributed by atoms with E-state index < -0.39 is 10.0 Å². The molecule has 1 aliphatic heterocycles. The van der Waals surface area contributed by atoms with E-state index >= 15 is 0 Å². The van der Waals surface area contributed by atoms with Crippen molar-refractivity contribution < 1.29 is 13.2 Å². The molecule has 4 rings (SSSR count). The molecule has 2 aliphatic rings. The standard InChI is InChI=1S/C19H22N2O3S2/c1-26(23,24)20-14-7-9-21(12-14)19(22)17-11-16(17)15-8-10-25-18(15)13-5-3-2-4-6-13/h2-6,8,10,14,16-17,20H,7,9,11-12H2,1H3. The Bertz CT molecular complexity index is 908. The lowest BCUT2D eigenvalue weighted by Gasteiger charge is -2.17. The van der Waals surface area contributed by atoms with Gasteiger partial charge < -0.3 is 4.90 Å². The second kappa shape index (κ2) is 6.79. The summed E-state index contributed by atoms with van der Waals surface area (Å²) in [5, 5.41) is 2.10. The van der Waals surface area contributed by atoms with Crippen LogP contribution in [0.25, 0.3) is 10.4 Å². The van der Waals surface area contributed by atoms with Crippen LogP contribution in [0.3, 0.4) is 0 Å². The second-order valence-electron chi connectivity index (χ2n) is 7.18. The summed E-state index contributed by atoms with van der Waals surface area (Å²) in [5.74, 6) is 0.480. The molecule has 5 nitrogen and oxygen atoms in total. The van der Waals surface area contributed by atoms with Crippen molar-refractivity contribution in [3.8, 4) is 10.4 Å². The number of benzene rings is 1. The first-order valence-corrected chi connectivity index (χ1v) is 11.6. The highest BCUT2D eigenvalue weighted by molar-refractivity contribution is 7.88. The number of nitrogens with zero attached hydrogens (tertiary/aromatic N) is 1. The third-order valence-electron chi connectivity index (χ3n) is 5.12. The van der Waals surface area contributed by atoms with E-state index in [1.165, 1.54) is 16.0 Å². The number of rotatable bonds is 5. The van der Waals surface area contributed by atoms with Crippen LogP contribution < -0.4 is 4.72 Å². The van der Waals surface area contributed by atoms with Gasteiger partial charge in [0.2, 0.25) is 15.9 Å². The molecule has 3 unspecified atom stereocenters. The molecule has 1 aromatic heterocycles. The quantitative estimate of drug-likeness (QED) is 0.854. The zero-order valence-corrected chi connectivity index (χ0v) is 16.2. The van der Waals surface area contributed by atoms with Crippen molar-refractivity contribution in [1.82, 2.24) is 9.62 Å². The number of thiophene rings is 1. The Labute approximate surface area is 158 Å². The molecule has 138 valence electrons. The lowest BCUT2D eigenvalue weighted by atomic mass is 10.1. The summed E-state index contributed by atoms with van der Waals surface area (Å²) in [7, 11) is -3.23. The SMILES string of the molecule is CS(=O)(=O)NC1CCN(C(=O)C2CC2c2ccsc2-c2ccccc2)C1. The number of likely N-dealkylation sites (tertiary alicyclic amines) is 1. The fraction of sp³-hybridized carbons (Fsp3) is 0.421. The fourth-order valence-corrected chi connectivity index (χ4v) is 5.62. The first kappa shape index (κ1) is 17.7. The van der Waals surface area contributed by atoms with E-state index in [-0.39, 0.29) is 23.8 Å². The molecule has 2 aromatic rings. The van der Waals surface area contributed by atoms with Crippen molar-refractivity contribution in [3.63, 3.8) is 0 Å². The van der Waals surface area contributed by atoms with Gasteiger partial charge in [0.1, 0.15) is 0 Å². The van der Waals surface area contributed by atoms with Gasteiger partial charge >= 0.3 is 0 Å². The van der Waals surface area contributed by atoms with Crippen LogP contribution in [0.4, 0.5) is 0 Å². The highest BCUT2D eigenvalue weighted by Crippen LogP contribution is 2.52. The fourth-order valence-electron chi connectivity index (χ4n) is 3.84. The Balaban J connectivity index is 1.42. The summed E-state index contributed by atoms with van der Waals surface area (Å²) in [5.41, 5.74) is 2.47. The van der Waals surface area contributed by atoms with Crippen molar-refractivity contribution in [2.45, 2.75) is 24.8 Å². The number of nitrogens with one attached hydrogen (secondary N) is 1. The molecule has 2 heterocycles. The minimum absolute atomic E-state index is 0.0315. The Hall–Kier alpha value is -1.70. The van der Waals surface area contributed by atoms with Gasteiger partial charge in [-0.3, -0.25) is 4.79 Å². The predicted octanol–water partition coefficient (Wildman–Crippen LogP) is 2.67. The van der Waals surface area contributed by atoms with Crippen molar-refractivity contribution in [3.05, 3.63) is 47.3 Å². The van der Waals surface area contributed by atoms with Crippen LogP contribution in [0.2, 0.25) is 0 Å². The lowest BCUT2D eigenvalue weighted by Crippen LogP contribution is -2.38. The van der Waals surface area contributed by atoms with Gasteiger partial charge in [-0.2, -0.15) is 0 Å². The molecule has 1 saturated carbocycles. The van der Waals surface area contributed by atoms with Gasteiger partial charge in [0.15, 0.2) is 0 Å². The first-order valence-electron chi connectivity index (χ1n) is 8.81. The van der Waals surface area contributed by atoms with E-state index in [9.17, 15) is 13.2 Å². The molecule has 1 N–H and O–H groups in total. The summed E-state index contributed by atoms with van der Waals surface area (Å²) in [6.07, 6.45) is 2.73. The molecule has 0 spiro atoms. The van der Waals surface area contributed by atoms with Crippen LogP contribution in [0.15, 0.2) is 41.8 Å². The zero-order chi connectivity index (χ0) is 18.3. The average Bonchev–Trinajstić information content (AvgIpc) is 3.02. The summed E-state index contributed by atoms with van der Waals surface area (Å²) < 4.78 is 25.4. The number of amides is 1. The molecule has 1 amide bonds. The third kappa shape index (κ3) is 3.70. The number of carbonyl (C=O) groups excluding carboxylic acids is 1. The number of hydrogen-bond acceptors (Lipinski definition) is 4. The minimum atomic E-state index is -3.23. The van der Waals surface area contributed by atoms with Crippen LogP contribution in [0.5, 0.6) is 0 Å². The van der Waals surface area contributed by atoms with Gasteiger partial charge in [0.25, 0.3) is 0 Å². The molecule has 1 saturated heterocycles. The third-order valence-corrected chi connectivity index (χ3v) is 6.86. The smallest absolute Gasteiger partial charge is 0.226 e. The Morgan fingerprint density at radius 1 is 1.23 bits per heavy atom. The van der Waals surface area contributed by atoms with E-state index in [1.54, 1.807) is 11.3 Å². The van der Waals surface area contributed by atoms with Gasteiger partial charge in [-0.25, -0.2) is 13.1 Å². The zero-order valence-electron chi connectivity index (χ0n) is 14.6. The van der Waals surface area contributed by atoms with E-state index in [2.05, 4.69) is 28.3 Å². The second-order valence-corrected chi connectivity index (χ2v) is 9.88. The van der Waals surface area contributed by atoms with Crippen LogP contribution in [0, 0.1) is 5.92 Å². The number of sulfonamides is 1. The first-order chi connectivity index (χ1) is 12.4. The highest BCUT2D eigenvalue weighted by Gasteiger charge is 2.48. The number of hydrogen-bond donors (Lipinski definition) is 1. The molecular weight excluding hydrogens is 368 g/mol. The summed E-state index contributed by atoms with van der Waals surface area (Å²) in [6.45, 7) is 1.11. The van der Waals surface area contributed by atoms with Crippen molar-refractivity contribution in [1.29, 1.82) is 0 Å². The maximum Gasteiger partial charge on any atom is 0.226 e. The maximum absolute atomic E-state index is 12.8. The monoisotopic (exact) mass is 390 g/mol. The molecule has 0 radical (unpaired) electrons. The van der Waals surface area contributed by atoms with Gasteiger partial charge in [-0.1, -0.05) is 30.3 Å². The van der Waals surface area contributed by atoms with Crippen LogP contribution in [-0.4, -0.2) is 44.6 Å². The molecule has 1 aliphatic carbocycles. The molecule has 0 bridgehead atoms. The van der Waals surface area contributed by atoms with Crippen LogP contribution in [-0.2, 0) is 14.8 Å². The van der Waals surface area contributed by atoms with Crippen molar-refractivity contribution in [2.75, 3.05) is 19.3 Å². The van der Waals surface area contributed by atoms with E-state index in [0.717, 1.165) is 12.7 Å². The van der Waals surface area contributed by atoms with Gasteiger partial charge in [0, 0.05) is 29.9 Å². The summed E-state index contributed by atoms with van der Waals surface area (Å²) in [4.78, 5) is 15.9. The largest absolute Gasteiger partial charge is 0.341 e.